The summed E-state index contributed by atoms with van der Waals surface area (Å²) in [6.07, 6.45) is 13.5. The highest BCUT2D eigenvalue weighted by Crippen LogP contribution is 2.27. The third kappa shape index (κ3) is 10.4. The van der Waals surface area contributed by atoms with Gasteiger partial charge in [0, 0.05) is 28.8 Å². The van der Waals surface area contributed by atoms with Crippen LogP contribution in [0.2, 0.25) is 0 Å². The Bertz CT molecular complexity index is 1250. The standard InChI is InChI=1S/2C12H11OP.C8H11OP/c2*13-11-8-4-5-9-12(11)14-10-6-2-1-3-7-10;1-2-10(9)8-6-4-3-5-7-8/h2*1-7,9,14H,8H2;3-7,10H,2H2,1H3. The fraction of sp³-hybridized carbons (Fsp3) is 0.125. The van der Waals surface area contributed by atoms with Crippen LogP contribution in [-0.4, -0.2) is 17.7 Å². The van der Waals surface area contributed by atoms with Crippen LogP contribution in [0, 0.1) is 0 Å². The van der Waals surface area contributed by atoms with E-state index in [1.165, 1.54) is 10.6 Å². The van der Waals surface area contributed by atoms with Crippen LogP contribution in [0.3, 0.4) is 0 Å². The van der Waals surface area contributed by atoms with Crippen molar-refractivity contribution in [1.29, 1.82) is 0 Å². The molecule has 5 rings (SSSR count). The van der Waals surface area contributed by atoms with Gasteiger partial charge in [-0.2, -0.15) is 0 Å². The first-order valence-electron chi connectivity index (χ1n) is 12.6. The van der Waals surface area contributed by atoms with Crippen LogP contribution in [0.1, 0.15) is 19.8 Å². The van der Waals surface area contributed by atoms with E-state index in [1.807, 2.05) is 110 Å². The van der Waals surface area contributed by atoms with Crippen LogP contribution < -0.4 is 15.9 Å². The lowest BCUT2D eigenvalue weighted by molar-refractivity contribution is -0.115. The molecule has 38 heavy (non-hydrogen) atoms. The summed E-state index contributed by atoms with van der Waals surface area (Å²) in [7, 11) is -0.468. The van der Waals surface area contributed by atoms with E-state index in [-0.39, 0.29) is 11.6 Å². The van der Waals surface area contributed by atoms with Crippen molar-refractivity contribution in [3.8, 4) is 0 Å². The van der Waals surface area contributed by atoms with E-state index in [0.29, 0.717) is 30.0 Å². The van der Waals surface area contributed by atoms with Gasteiger partial charge in [-0.15, -0.1) is 0 Å². The molecule has 0 N–H and O–H groups in total. The number of hydrogen-bond acceptors (Lipinski definition) is 3. The number of allylic oxidation sites excluding steroid dienone is 8. The zero-order chi connectivity index (χ0) is 27.0. The molecule has 2 aliphatic carbocycles. The van der Waals surface area contributed by atoms with Crippen LogP contribution in [0.5, 0.6) is 0 Å². The van der Waals surface area contributed by atoms with E-state index in [2.05, 4.69) is 24.3 Å². The van der Waals surface area contributed by atoms with Crippen LogP contribution >= 0.6 is 25.0 Å². The van der Waals surface area contributed by atoms with Gasteiger partial charge in [0.25, 0.3) is 0 Å². The van der Waals surface area contributed by atoms with Crippen molar-refractivity contribution < 1.29 is 14.2 Å². The Labute approximate surface area is 230 Å². The highest BCUT2D eigenvalue weighted by Gasteiger charge is 2.11. The monoisotopic (exact) mass is 558 g/mol. The molecule has 3 aromatic carbocycles. The minimum atomic E-state index is -1.46. The van der Waals surface area contributed by atoms with Gasteiger partial charge in [-0.25, -0.2) is 0 Å². The van der Waals surface area contributed by atoms with Crippen molar-refractivity contribution >= 4 is 52.4 Å². The van der Waals surface area contributed by atoms with Crippen molar-refractivity contribution in [3.63, 3.8) is 0 Å². The van der Waals surface area contributed by atoms with Gasteiger partial charge in [0.1, 0.15) is 7.80 Å². The van der Waals surface area contributed by atoms with Gasteiger partial charge in [-0.05, 0) is 16.8 Å². The fourth-order valence-electron chi connectivity index (χ4n) is 3.49. The van der Waals surface area contributed by atoms with Gasteiger partial charge in [0.15, 0.2) is 11.6 Å². The second-order valence-corrected chi connectivity index (χ2v) is 13.3. The van der Waals surface area contributed by atoms with E-state index in [4.69, 9.17) is 0 Å². The fourth-order valence-corrected chi connectivity index (χ4v) is 6.64. The Morgan fingerprint density at radius 2 is 1.03 bits per heavy atom. The quantitative estimate of drug-likeness (QED) is 0.317. The van der Waals surface area contributed by atoms with Crippen LogP contribution in [-0.2, 0) is 14.2 Å². The summed E-state index contributed by atoms with van der Waals surface area (Å²) in [6, 6.07) is 29.9. The van der Waals surface area contributed by atoms with E-state index in [1.54, 1.807) is 0 Å². The van der Waals surface area contributed by atoms with Crippen molar-refractivity contribution in [2.75, 3.05) is 6.16 Å². The molecule has 0 saturated carbocycles. The van der Waals surface area contributed by atoms with E-state index < -0.39 is 7.80 Å². The Kier molecular flexibility index (Phi) is 13.1. The summed E-state index contributed by atoms with van der Waals surface area (Å²) < 4.78 is 11.2. The Hall–Kier alpha value is -2.95. The van der Waals surface area contributed by atoms with Crippen LogP contribution in [0.25, 0.3) is 0 Å². The zero-order valence-electron chi connectivity index (χ0n) is 21.5. The summed E-state index contributed by atoms with van der Waals surface area (Å²) in [5.41, 5.74) is 0. The molecule has 0 radical (unpaired) electrons. The SMILES string of the molecule is CC[PH](=O)c1ccccc1.O=C1CC=CC=C1Pc1ccccc1.O=C1CC=CC=C1Pc1ccccc1. The summed E-state index contributed by atoms with van der Waals surface area (Å²) in [5.74, 6) is 0.518. The summed E-state index contributed by atoms with van der Waals surface area (Å²) in [5, 5.41) is 5.33. The van der Waals surface area contributed by atoms with E-state index >= 15 is 0 Å². The number of benzene rings is 3. The van der Waals surface area contributed by atoms with Crippen molar-refractivity contribution in [3.05, 3.63) is 138 Å². The first-order chi connectivity index (χ1) is 18.6. The van der Waals surface area contributed by atoms with E-state index in [0.717, 1.165) is 22.1 Å². The molecule has 194 valence electrons. The van der Waals surface area contributed by atoms with E-state index in [9.17, 15) is 14.2 Å². The van der Waals surface area contributed by atoms with Crippen molar-refractivity contribution in [2.45, 2.75) is 19.8 Å². The molecule has 3 aromatic rings. The number of carbonyl (C=O) groups excluding carboxylic acids is 2. The third-order valence-corrected chi connectivity index (χ3v) is 9.82. The van der Waals surface area contributed by atoms with Gasteiger partial charge >= 0.3 is 0 Å². The number of rotatable bonds is 6. The molecule has 6 heteroatoms. The van der Waals surface area contributed by atoms with Crippen molar-refractivity contribution in [1.82, 2.24) is 0 Å². The Morgan fingerprint density at radius 3 is 1.39 bits per heavy atom. The molecule has 0 bridgehead atoms. The second kappa shape index (κ2) is 16.8. The first-order valence-corrected chi connectivity index (χ1v) is 16.2. The highest BCUT2D eigenvalue weighted by atomic mass is 31.1. The number of carbonyl (C=O) groups is 2. The van der Waals surface area contributed by atoms with Crippen LogP contribution in [0.4, 0.5) is 0 Å². The average Bonchev–Trinajstić information content (AvgIpc) is 2.97. The molecular weight excluding hydrogens is 525 g/mol. The lowest BCUT2D eigenvalue weighted by Gasteiger charge is -2.07. The predicted molar refractivity (Wildman–Crippen MR) is 168 cm³/mol. The molecule has 0 amide bonds. The summed E-state index contributed by atoms with van der Waals surface area (Å²) in [6.45, 7) is 1.95. The largest absolute Gasteiger partial charge is 0.322 e. The predicted octanol–water partition coefficient (Wildman–Crippen LogP) is 6.70. The van der Waals surface area contributed by atoms with Gasteiger partial charge < -0.3 is 4.57 Å². The highest BCUT2D eigenvalue weighted by molar-refractivity contribution is 7.54. The minimum absolute atomic E-state index is 0.259. The summed E-state index contributed by atoms with van der Waals surface area (Å²) >= 11 is 0. The first kappa shape index (κ1) is 29.6. The minimum Gasteiger partial charge on any atom is -0.322 e. The number of ketones is 2. The Balaban J connectivity index is 0.000000161. The molecule has 3 nitrogen and oxygen atoms in total. The molecule has 0 spiro atoms. The smallest absolute Gasteiger partial charge is 0.167 e. The lowest BCUT2D eigenvalue weighted by Crippen LogP contribution is -2.03. The van der Waals surface area contributed by atoms with Gasteiger partial charge in [-0.1, -0.05) is 152 Å². The zero-order valence-corrected chi connectivity index (χ0v) is 24.5. The lowest BCUT2D eigenvalue weighted by atomic mass is 10.2. The van der Waals surface area contributed by atoms with Crippen LogP contribution in [0.15, 0.2) is 138 Å². The molecule has 3 atom stereocenters. The number of hydrogen-bond donors (Lipinski definition) is 0. The van der Waals surface area contributed by atoms with Gasteiger partial charge in [-0.3, -0.25) is 9.59 Å². The second-order valence-electron chi connectivity index (χ2n) is 8.40. The topological polar surface area (TPSA) is 51.2 Å². The van der Waals surface area contributed by atoms with Crippen molar-refractivity contribution in [2.24, 2.45) is 0 Å². The molecule has 0 heterocycles. The molecule has 0 fully saturated rings. The molecule has 0 aliphatic heterocycles. The maximum atomic E-state index is 11.5. The molecule has 0 aromatic heterocycles. The average molecular weight is 559 g/mol. The number of Topliss-reactive ketones (excluding diaryl/α,β-unsaturated/α-hetero) is 2. The molecular formula is C32H33O3P3. The summed E-state index contributed by atoms with van der Waals surface area (Å²) in [4.78, 5) is 23.0. The normalized spacial score (nSPS) is 15.4. The van der Waals surface area contributed by atoms with Gasteiger partial charge in [0.05, 0.1) is 0 Å². The maximum Gasteiger partial charge on any atom is 0.167 e. The molecule has 3 unspecified atom stereocenters. The maximum absolute atomic E-state index is 11.5. The Morgan fingerprint density at radius 1 is 0.632 bits per heavy atom. The molecule has 0 saturated heterocycles. The third-order valence-electron chi connectivity index (χ3n) is 5.53. The molecule has 2 aliphatic rings. The van der Waals surface area contributed by atoms with Gasteiger partial charge in [0.2, 0.25) is 0 Å².